The lowest BCUT2D eigenvalue weighted by molar-refractivity contribution is -0.131. The van der Waals surface area contributed by atoms with Crippen molar-refractivity contribution in [3.8, 4) is 0 Å². The van der Waals surface area contributed by atoms with Gasteiger partial charge in [-0.25, -0.2) is 9.36 Å². The van der Waals surface area contributed by atoms with Crippen LogP contribution in [0.2, 0.25) is 0 Å². The maximum Gasteiger partial charge on any atom is 0.469 e. The van der Waals surface area contributed by atoms with Crippen molar-refractivity contribution in [2.75, 3.05) is 6.61 Å². The van der Waals surface area contributed by atoms with Gasteiger partial charge in [0, 0.05) is 6.08 Å². The van der Waals surface area contributed by atoms with E-state index < -0.39 is 13.8 Å². The molecule has 0 atom stereocenters. The highest BCUT2D eigenvalue weighted by Gasteiger charge is 2.11. The fourth-order valence-electron chi connectivity index (χ4n) is 0.210. The van der Waals surface area contributed by atoms with Crippen LogP contribution in [0.3, 0.4) is 0 Å². The molecule has 0 spiro atoms. The molecule has 0 aliphatic heterocycles. The lowest BCUT2D eigenvalue weighted by atomic mass is 10.5. The Morgan fingerprint density at radius 1 is 1.62 bits per heavy atom. The summed E-state index contributed by atoms with van der Waals surface area (Å²) in [6.45, 7) is 4.85. The second-order valence-electron chi connectivity index (χ2n) is 1.87. The first-order valence-corrected chi connectivity index (χ1v) is 4.92. The maximum absolute atomic E-state index is 9.86. The fourth-order valence-corrected chi connectivity index (χ4v) is 0.631. The lowest BCUT2D eigenvalue weighted by Gasteiger charge is -2.00. The number of phosphoric acid groups is 1. The Bertz CT molecular complexity index is 195. The van der Waals surface area contributed by atoms with E-state index in [4.69, 9.17) is 14.9 Å². The van der Waals surface area contributed by atoms with Crippen LogP contribution < -0.4 is 0 Å². The van der Waals surface area contributed by atoms with E-state index in [0.717, 1.165) is 6.08 Å². The molecule has 13 heavy (non-hydrogen) atoms. The highest BCUT2D eigenvalue weighted by Crippen LogP contribution is 2.35. The number of hydrogen-bond acceptors (Lipinski definition) is 3. The van der Waals surface area contributed by atoms with Gasteiger partial charge in [0.25, 0.3) is 0 Å². The minimum atomic E-state index is -4.18. The molecule has 3 N–H and O–H groups in total. The zero-order chi connectivity index (χ0) is 10.9. The van der Waals surface area contributed by atoms with Gasteiger partial charge in [-0.05, 0) is 6.42 Å². The van der Waals surface area contributed by atoms with E-state index in [9.17, 15) is 9.36 Å². The number of carbonyl (C=O) groups is 1. The number of aliphatic carboxylic acids is 1. The molecule has 0 heterocycles. The van der Waals surface area contributed by atoms with Crippen LogP contribution in [0.1, 0.15) is 13.3 Å². The van der Waals surface area contributed by atoms with Crippen molar-refractivity contribution in [3.63, 3.8) is 0 Å². The molecule has 0 aromatic rings. The van der Waals surface area contributed by atoms with Gasteiger partial charge < -0.3 is 14.9 Å². The summed E-state index contributed by atoms with van der Waals surface area (Å²) in [5.74, 6) is -0.981. The molecule has 0 aromatic heterocycles. The Morgan fingerprint density at radius 2 is 2.00 bits per heavy atom. The van der Waals surface area contributed by atoms with E-state index >= 15 is 0 Å². The summed E-state index contributed by atoms with van der Waals surface area (Å²) in [4.78, 5) is 25.3. The van der Waals surface area contributed by atoms with Crippen LogP contribution in [0.4, 0.5) is 0 Å². The van der Waals surface area contributed by atoms with Gasteiger partial charge in [0.05, 0.1) is 6.61 Å². The number of phosphoric ester groups is 1. The third-order valence-corrected chi connectivity index (χ3v) is 1.16. The molecule has 0 aliphatic rings. The number of rotatable bonds is 4. The molecule has 0 amide bonds. The van der Waals surface area contributed by atoms with Gasteiger partial charge in [0.1, 0.15) is 0 Å². The van der Waals surface area contributed by atoms with Crippen LogP contribution in [0.5, 0.6) is 0 Å². The first kappa shape index (κ1) is 14.8. The molecule has 0 aromatic carbocycles. The average Bonchev–Trinajstić information content (AvgIpc) is 2.00. The second-order valence-corrected chi connectivity index (χ2v) is 3.11. The van der Waals surface area contributed by atoms with E-state index in [0.29, 0.717) is 6.42 Å². The van der Waals surface area contributed by atoms with Gasteiger partial charge in [0.15, 0.2) is 0 Å². The molecular weight excluding hydrogens is 199 g/mol. The molecule has 0 aliphatic carbocycles. The molecule has 0 fully saturated rings. The van der Waals surface area contributed by atoms with Gasteiger partial charge in [-0.15, -0.1) is 0 Å². The standard InChI is InChI=1S/C3H9O4P.C3H4O2/c1-2-3-7-8(4,5)6;1-2-3(4)5/h2-3H2,1H3,(H2,4,5,6);2H,1H2,(H,4,5). The van der Waals surface area contributed by atoms with Crippen LogP contribution in [-0.2, 0) is 13.9 Å². The SMILES string of the molecule is C=CC(=O)O.CCCOP(=O)(O)O. The molecule has 0 rings (SSSR count). The van der Waals surface area contributed by atoms with E-state index in [1.807, 2.05) is 0 Å². The topological polar surface area (TPSA) is 104 Å². The molecule has 6 nitrogen and oxygen atoms in total. The minimum absolute atomic E-state index is 0.115. The highest BCUT2D eigenvalue weighted by atomic mass is 31.2. The maximum atomic E-state index is 9.86. The summed E-state index contributed by atoms with van der Waals surface area (Å²) >= 11 is 0. The monoisotopic (exact) mass is 212 g/mol. The van der Waals surface area contributed by atoms with Gasteiger partial charge in [-0.3, -0.25) is 4.52 Å². The van der Waals surface area contributed by atoms with Crippen LogP contribution in [0.15, 0.2) is 12.7 Å². The Kier molecular flexibility index (Phi) is 9.06. The quantitative estimate of drug-likeness (QED) is 0.469. The Hall–Kier alpha value is -0.680. The van der Waals surface area contributed by atoms with Crippen LogP contribution in [0, 0.1) is 0 Å². The van der Waals surface area contributed by atoms with E-state index in [1.54, 1.807) is 6.92 Å². The third kappa shape index (κ3) is 24.6. The Morgan fingerprint density at radius 3 is 2.08 bits per heavy atom. The van der Waals surface area contributed by atoms with Crippen LogP contribution in [-0.4, -0.2) is 27.5 Å². The lowest BCUT2D eigenvalue weighted by Crippen LogP contribution is -1.88. The summed E-state index contributed by atoms with van der Waals surface area (Å²) in [5, 5.41) is 7.60. The summed E-state index contributed by atoms with van der Waals surface area (Å²) in [6, 6.07) is 0. The van der Waals surface area contributed by atoms with Crippen molar-refractivity contribution in [1.82, 2.24) is 0 Å². The van der Waals surface area contributed by atoms with Crippen molar-refractivity contribution in [3.05, 3.63) is 12.7 Å². The van der Waals surface area contributed by atoms with Crippen molar-refractivity contribution < 1.29 is 28.8 Å². The largest absolute Gasteiger partial charge is 0.478 e. The molecule has 0 saturated carbocycles. The van der Waals surface area contributed by atoms with Crippen molar-refractivity contribution in [2.45, 2.75) is 13.3 Å². The highest BCUT2D eigenvalue weighted by molar-refractivity contribution is 7.46. The zero-order valence-corrected chi connectivity index (χ0v) is 8.11. The number of carboxylic acids is 1. The molecule has 78 valence electrons. The molecular formula is C6H13O6P. The summed E-state index contributed by atoms with van der Waals surface area (Å²) in [5.41, 5.74) is 0. The normalized spacial score (nSPS) is 9.77. The van der Waals surface area contributed by atoms with Crippen molar-refractivity contribution in [2.24, 2.45) is 0 Å². The van der Waals surface area contributed by atoms with Gasteiger partial charge in [0.2, 0.25) is 0 Å². The van der Waals surface area contributed by atoms with E-state index in [-0.39, 0.29) is 6.61 Å². The molecule has 0 bridgehead atoms. The van der Waals surface area contributed by atoms with Crippen molar-refractivity contribution >= 4 is 13.8 Å². The van der Waals surface area contributed by atoms with E-state index in [1.165, 1.54) is 0 Å². The van der Waals surface area contributed by atoms with Gasteiger partial charge in [-0.2, -0.15) is 0 Å². The average molecular weight is 212 g/mol. The number of hydrogen-bond donors (Lipinski definition) is 3. The molecule has 0 saturated heterocycles. The molecule has 0 unspecified atom stereocenters. The van der Waals surface area contributed by atoms with Crippen LogP contribution >= 0.6 is 7.82 Å². The predicted octanol–water partition coefficient (Wildman–Crippen LogP) is 0.763. The summed E-state index contributed by atoms with van der Waals surface area (Å²) in [6.07, 6.45) is 1.45. The first-order chi connectivity index (χ1) is 5.83. The number of carboxylic acid groups (broad SMARTS) is 1. The predicted molar refractivity (Wildman–Crippen MR) is 46.1 cm³/mol. The smallest absolute Gasteiger partial charge is 0.469 e. The minimum Gasteiger partial charge on any atom is -0.478 e. The van der Waals surface area contributed by atoms with Gasteiger partial charge in [-0.1, -0.05) is 13.5 Å². The summed E-state index contributed by atoms with van der Waals surface area (Å²) < 4.78 is 13.9. The molecule has 0 radical (unpaired) electrons. The van der Waals surface area contributed by atoms with E-state index in [2.05, 4.69) is 11.1 Å². The Balaban J connectivity index is 0. The molecule has 7 heteroatoms. The van der Waals surface area contributed by atoms with Crippen LogP contribution in [0.25, 0.3) is 0 Å². The summed E-state index contributed by atoms with van der Waals surface area (Å²) in [7, 11) is -4.18. The fraction of sp³-hybridized carbons (Fsp3) is 0.500. The second kappa shape index (κ2) is 7.94. The zero-order valence-electron chi connectivity index (χ0n) is 7.21. The Labute approximate surface area is 76.1 Å². The van der Waals surface area contributed by atoms with Crippen molar-refractivity contribution in [1.29, 1.82) is 0 Å². The van der Waals surface area contributed by atoms with Gasteiger partial charge >= 0.3 is 13.8 Å². The third-order valence-electron chi connectivity index (χ3n) is 0.638. The first-order valence-electron chi connectivity index (χ1n) is 3.39.